The van der Waals surface area contributed by atoms with Crippen molar-refractivity contribution < 1.29 is 21.9 Å². The minimum atomic E-state index is -3.77. The number of hydrogen-bond acceptors (Lipinski definition) is 4. The van der Waals surface area contributed by atoms with Crippen LogP contribution in [-0.4, -0.2) is 39.5 Å². The quantitative estimate of drug-likeness (QED) is 0.499. The monoisotopic (exact) mass is 426 g/mol. The van der Waals surface area contributed by atoms with E-state index in [1.807, 2.05) is 18.9 Å². The molecule has 0 radical (unpaired) electrons. The van der Waals surface area contributed by atoms with Gasteiger partial charge in [0, 0.05) is 20.1 Å². The number of aliphatic imine (C=N–C) groups is 1. The Labute approximate surface area is 169 Å². The Bertz CT molecular complexity index is 935. The number of hydrogen-bond donors (Lipinski definition) is 2. The first-order chi connectivity index (χ1) is 13.7. The van der Waals surface area contributed by atoms with Crippen LogP contribution >= 0.6 is 0 Å². The number of nitrogens with one attached hydrogen (secondary N) is 1. The van der Waals surface area contributed by atoms with Gasteiger partial charge in [-0.05, 0) is 42.3 Å². The van der Waals surface area contributed by atoms with Crippen molar-refractivity contribution in [1.82, 2.24) is 10.2 Å². The van der Waals surface area contributed by atoms with E-state index in [0.29, 0.717) is 24.6 Å². The van der Waals surface area contributed by atoms with Gasteiger partial charge in [0.25, 0.3) is 0 Å². The summed E-state index contributed by atoms with van der Waals surface area (Å²) in [5.74, 6) is 0.711. The smallest absolute Gasteiger partial charge is 0.387 e. The van der Waals surface area contributed by atoms with Crippen molar-refractivity contribution in [1.29, 1.82) is 0 Å². The fourth-order valence-electron chi connectivity index (χ4n) is 2.58. The van der Waals surface area contributed by atoms with Gasteiger partial charge in [0.2, 0.25) is 10.0 Å². The molecule has 158 valence electrons. The Kier molecular flexibility index (Phi) is 7.91. The van der Waals surface area contributed by atoms with Crippen LogP contribution in [0, 0.1) is 0 Å². The van der Waals surface area contributed by atoms with Gasteiger partial charge in [-0.2, -0.15) is 8.78 Å². The lowest BCUT2D eigenvalue weighted by molar-refractivity contribution is -0.0498. The first-order valence-electron chi connectivity index (χ1n) is 8.84. The fourth-order valence-corrected chi connectivity index (χ4v) is 3.17. The Morgan fingerprint density at radius 1 is 1.21 bits per heavy atom. The normalized spacial score (nSPS) is 12.1. The molecule has 0 aliphatic rings. The van der Waals surface area contributed by atoms with Crippen molar-refractivity contribution in [3.05, 3.63) is 59.7 Å². The van der Waals surface area contributed by atoms with Crippen molar-refractivity contribution in [2.24, 2.45) is 10.1 Å². The molecule has 0 saturated carbocycles. The van der Waals surface area contributed by atoms with E-state index < -0.39 is 16.6 Å². The van der Waals surface area contributed by atoms with E-state index in [1.54, 1.807) is 24.3 Å². The maximum atomic E-state index is 12.2. The molecule has 0 aromatic heterocycles. The molecule has 10 heteroatoms. The number of alkyl halides is 2. The molecule has 0 spiro atoms. The Hall–Kier alpha value is -2.72. The van der Waals surface area contributed by atoms with E-state index in [2.05, 4.69) is 15.0 Å². The molecule has 0 bridgehead atoms. The van der Waals surface area contributed by atoms with Crippen LogP contribution in [0.3, 0.4) is 0 Å². The summed E-state index contributed by atoms with van der Waals surface area (Å²) < 4.78 is 51.8. The summed E-state index contributed by atoms with van der Waals surface area (Å²) in [7, 11) is -1.93. The molecule has 0 atom stereocenters. The number of primary sulfonamides is 1. The highest BCUT2D eigenvalue weighted by Crippen LogP contribution is 2.16. The molecule has 2 rings (SSSR count). The molecule has 7 nitrogen and oxygen atoms in total. The van der Waals surface area contributed by atoms with E-state index >= 15 is 0 Å². The minimum Gasteiger partial charge on any atom is -0.435 e. The third-order valence-corrected chi connectivity index (χ3v) is 4.81. The van der Waals surface area contributed by atoms with Crippen LogP contribution in [0.15, 0.2) is 58.4 Å². The van der Waals surface area contributed by atoms with Crippen LogP contribution in [0.4, 0.5) is 8.78 Å². The van der Waals surface area contributed by atoms with Gasteiger partial charge in [-0.15, -0.1) is 0 Å². The van der Waals surface area contributed by atoms with E-state index in [9.17, 15) is 17.2 Å². The first-order valence-corrected chi connectivity index (χ1v) is 10.4. The lowest BCUT2D eigenvalue weighted by atomic mass is 10.2. The highest BCUT2D eigenvalue weighted by Gasteiger charge is 2.10. The Balaban J connectivity index is 2.09. The number of halogens is 2. The zero-order chi connectivity index (χ0) is 21.4. The molecular weight excluding hydrogens is 402 g/mol. The summed E-state index contributed by atoms with van der Waals surface area (Å²) in [5, 5.41) is 8.33. The van der Waals surface area contributed by atoms with Gasteiger partial charge in [0.05, 0.1) is 11.4 Å². The second kappa shape index (κ2) is 10.2. The van der Waals surface area contributed by atoms with E-state index in [-0.39, 0.29) is 17.2 Å². The van der Waals surface area contributed by atoms with Gasteiger partial charge in [-0.25, -0.2) is 18.5 Å². The standard InChI is InChI=1S/C19H24F2N4O3S/c1-3-23-19(24-12-15-5-4-6-17(11-15)29(22,26)27)25(2)13-14-7-9-16(10-8-14)28-18(20)21/h4-11,18H,3,12-13H2,1-2H3,(H,23,24)(H2,22,26,27). The Morgan fingerprint density at radius 2 is 1.90 bits per heavy atom. The van der Waals surface area contributed by atoms with E-state index in [1.165, 1.54) is 24.3 Å². The molecule has 0 unspecified atom stereocenters. The SMILES string of the molecule is CCNC(=NCc1cccc(S(N)(=O)=O)c1)N(C)Cc1ccc(OC(F)F)cc1. The number of guanidine groups is 1. The van der Waals surface area contributed by atoms with Gasteiger partial charge >= 0.3 is 6.61 Å². The molecule has 0 aliphatic carbocycles. The molecular formula is C19H24F2N4O3S. The molecule has 0 heterocycles. The van der Waals surface area contributed by atoms with Gasteiger partial charge in [0.1, 0.15) is 5.75 Å². The lowest BCUT2D eigenvalue weighted by Crippen LogP contribution is -2.38. The molecule has 2 aromatic carbocycles. The predicted molar refractivity (Wildman–Crippen MR) is 107 cm³/mol. The minimum absolute atomic E-state index is 0.0367. The topological polar surface area (TPSA) is 97.0 Å². The Morgan fingerprint density at radius 3 is 2.48 bits per heavy atom. The third kappa shape index (κ3) is 7.31. The number of nitrogens with two attached hydrogens (primary N) is 1. The number of nitrogens with zero attached hydrogens (tertiary/aromatic N) is 2. The molecule has 29 heavy (non-hydrogen) atoms. The maximum absolute atomic E-state index is 12.2. The molecule has 2 aromatic rings. The van der Waals surface area contributed by atoms with Crippen LogP contribution in [-0.2, 0) is 23.1 Å². The summed E-state index contributed by atoms with van der Waals surface area (Å²) in [6, 6.07) is 12.7. The van der Waals surface area contributed by atoms with Crippen molar-refractivity contribution in [2.75, 3.05) is 13.6 Å². The van der Waals surface area contributed by atoms with Gasteiger partial charge < -0.3 is 15.0 Å². The van der Waals surface area contributed by atoms with Crippen molar-refractivity contribution in [3.63, 3.8) is 0 Å². The zero-order valence-corrected chi connectivity index (χ0v) is 17.0. The fraction of sp³-hybridized carbons (Fsp3) is 0.316. The van der Waals surface area contributed by atoms with Crippen LogP contribution < -0.4 is 15.2 Å². The van der Waals surface area contributed by atoms with Gasteiger partial charge in [-0.1, -0.05) is 24.3 Å². The van der Waals surface area contributed by atoms with Crippen molar-refractivity contribution in [3.8, 4) is 5.75 Å². The van der Waals surface area contributed by atoms with Crippen LogP contribution in [0.1, 0.15) is 18.1 Å². The number of benzene rings is 2. The average Bonchev–Trinajstić information content (AvgIpc) is 2.65. The summed E-state index contributed by atoms with van der Waals surface area (Å²) in [4.78, 5) is 6.44. The van der Waals surface area contributed by atoms with Gasteiger partial charge in [0.15, 0.2) is 5.96 Å². The molecule has 0 fully saturated rings. The lowest BCUT2D eigenvalue weighted by Gasteiger charge is -2.22. The number of ether oxygens (including phenoxy) is 1. The summed E-state index contributed by atoms with van der Waals surface area (Å²) in [5.41, 5.74) is 1.59. The summed E-state index contributed by atoms with van der Waals surface area (Å²) >= 11 is 0. The summed E-state index contributed by atoms with van der Waals surface area (Å²) in [6.07, 6.45) is 0. The highest BCUT2D eigenvalue weighted by atomic mass is 32.2. The molecule has 3 N–H and O–H groups in total. The van der Waals surface area contributed by atoms with Crippen molar-refractivity contribution in [2.45, 2.75) is 31.5 Å². The second-order valence-electron chi connectivity index (χ2n) is 6.24. The van der Waals surface area contributed by atoms with Crippen molar-refractivity contribution >= 4 is 16.0 Å². The first kappa shape index (κ1) is 22.6. The van der Waals surface area contributed by atoms with E-state index in [4.69, 9.17) is 5.14 Å². The summed E-state index contributed by atoms with van der Waals surface area (Å²) in [6.45, 7) is 0.460. The van der Waals surface area contributed by atoms with Crippen LogP contribution in [0.25, 0.3) is 0 Å². The predicted octanol–water partition coefficient (Wildman–Crippen LogP) is 2.53. The highest BCUT2D eigenvalue weighted by molar-refractivity contribution is 7.89. The zero-order valence-electron chi connectivity index (χ0n) is 16.2. The number of rotatable bonds is 8. The number of sulfonamides is 1. The molecule has 0 amide bonds. The largest absolute Gasteiger partial charge is 0.435 e. The van der Waals surface area contributed by atoms with Crippen LogP contribution in [0.5, 0.6) is 5.75 Å². The third-order valence-electron chi connectivity index (χ3n) is 3.90. The second-order valence-corrected chi connectivity index (χ2v) is 7.80. The van der Waals surface area contributed by atoms with Crippen LogP contribution in [0.2, 0.25) is 0 Å². The average molecular weight is 426 g/mol. The maximum Gasteiger partial charge on any atom is 0.387 e. The molecule has 0 saturated heterocycles. The van der Waals surface area contributed by atoms with Gasteiger partial charge in [-0.3, -0.25) is 0 Å². The van der Waals surface area contributed by atoms with E-state index in [0.717, 1.165) is 5.56 Å². The molecule has 0 aliphatic heterocycles.